The first-order chi connectivity index (χ1) is 11.4. The van der Waals surface area contributed by atoms with Crippen LogP contribution in [-0.4, -0.2) is 23.3 Å². The Morgan fingerprint density at radius 3 is 2.75 bits per heavy atom. The molecule has 2 heterocycles. The van der Waals surface area contributed by atoms with Crippen molar-refractivity contribution in [1.29, 1.82) is 0 Å². The zero-order chi connectivity index (χ0) is 17.4. The van der Waals surface area contributed by atoms with Gasteiger partial charge < -0.3 is 14.6 Å². The largest absolute Gasteiger partial charge is 0.445 e. The lowest BCUT2D eigenvalue weighted by Crippen LogP contribution is -2.36. The van der Waals surface area contributed by atoms with E-state index >= 15 is 0 Å². The fraction of sp³-hybridized carbons (Fsp3) is 0.389. The summed E-state index contributed by atoms with van der Waals surface area (Å²) in [5.41, 5.74) is 1.61. The number of anilines is 2. The third kappa shape index (κ3) is 2.79. The SMILES string of the molecule is Cc1oc(C(C)C)nc1C(=O)N1CC(C)C(=O)Nc2ccccc21. The average Bonchev–Trinajstić information content (AvgIpc) is 2.88. The van der Waals surface area contributed by atoms with E-state index in [1.165, 1.54) is 0 Å². The predicted molar refractivity (Wildman–Crippen MR) is 91.2 cm³/mol. The molecule has 0 bridgehead atoms. The monoisotopic (exact) mass is 327 g/mol. The Morgan fingerprint density at radius 1 is 1.38 bits per heavy atom. The second kappa shape index (κ2) is 6.11. The quantitative estimate of drug-likeness (QED) is 0.918. The molecule has 1 aliphatic rings. The first-order valence-corrected chi connectivity index (χ1v) is 8.07. The van der Waals surface area contributed by atoms with Crippen LogP contribution in [0.3, 0.4) is 0 Å². The van der Waals surface area contributed by atoms with E-state index in [2.05, 4.69) is 10.3 Å². The van der Waals surface area contributed by atoms with Crippen LogP contribution >= 0.6 is 0 Å². The van der Waals surface area contributed by atoms with Gasteiger partial charge in [-0.15, -0.1) is 0 Å². The van der Waals surface area contributed by atoms with Crippen molar-refractivity contribution in [2.75, 3.05) is 16.8 Å². The maximum Gasteiger partial charge on any atom is 0.280 e. The molecule has 3 rings (SSSR count). The van der Waals surface area contributed by atoms with E-state index < -0.39 is 0 Å². The average molecular weight is 327 g/mol. The zero-order valence-electron chi connectivity index (χ0n) is 14.3. The smallest absolute Gasteiger partial charge is 0.280 e. The third-order valence-electron chi connectivity index (χ3n) is 4.11. The van der Waals surface area contributed by atoms with Crippen LogP contribution in [0.25, 0.3) is 0 Å². The van der Waals surface area contributed by atoms with Gasteiger partial charge in [0.2, 0.25) is 5.91 Å². The van der Waals surface area contributed by atoms with Crippen LogP contribution in [0, 0.1) is 12.8 Å². The highest BCUT2D eigenvalue weighted by atomic mass is 16.4. The Balaban J connectivity index is 2.04. The van der Waals surface area contributed by atoms with Crippen molar-refractivity contribution in [1.82, 2.24) is 4.98 Å². The van der Waals surface area contributed by atoms with E-state index in [9.17, 15) is 9.59 Å². The van der Waals surface area contributed by atoms with E-state index in [0.717, 1.165) is 0 Å². The van der Waals surface area contributed by atoms with Crippen LogP contribution in [0.4, 0.5) is 11.4 Å². The molecule has 1 unspecified atom stereocenters. The highest BCUT2D eigenvalue weighted by Gasteiger charge is 2.31. The van der Waals surface area contributed by atoms with Crippen molar-refractivity contribution in [2.45, 2.75) is 33.6 Å². The molecular weight excluding hydrogens is 306 g/mol. The Bertz CT molecular complexity index is 795. The summed E-state index contributed by atoms with van der Waals surface area (Å²) in [6, 6.07) is 7.29. The molecule has 2 amide bonds. The van der Waals surface area contributed by atoms with Crippen molar-refractivity contribution >= 4 is 23.2 Å². The van der Waals surface area contributed by atoms with Crippen LogP contribution in [0.1, 0.15) is 48.8 Å². The molecule has 1 aromatic carbocycles. The summed E-state index contributed by atoms with van der Waals surface area (Å²) in [5.74, 6) is 0.469. The number of nitrogens with zero attached hydrogens (tertiary/aromatic N) is 2. The van der Waals surface area contributed by atoms with Gasteiger partial charge in [0.05, 0.1) is 17.3 Å². The summed E-state index contributed by atoms with van der Waals surface area (Å²) in [6.45, 7) is 7.77. The molecule has 6 heteroatoms. The number of carbonyl (C=O) groups excluding carboxylic acids is 2. The molecule has 24 heavy (non-hydrogen) atoms. The summed E-state index contributed by atoms with van der Waals surface area (Å²) in [5, 5.41) is 2.87. The van der Waals surface area contributed by atoms with Gasteiger partial charge in [-0.05, 0) is 19.1 Å². The fourth-order valence-electron chi connectivity index (χ4n) is 2.71. The topological polar surface area (TPSA) is 75.4 Å². The molecule has 0 aliphatic carbocycles. The summed E-state index contributed by atoms with van der Waals surface area (Å²) < 4.78 is 5.61. The van der Waals surface area contributed by atoms with Crippen LogP contribution in [0.15, 0.2) is 28.7 Å². The molecule has 0 spiro atoms. The van der Waals surface area contributed by atoms with E-state index in [1.807, 2.05) is 32.0 Å². The standard InChI is InChI=1S/C18H21N3O3/c1-10(2)17-20-15(12(4)24-17)18(23)21-9-11(3)16(22)19-13-7-5-6-8-14(13)21/h5-8,10-11H,9H2,1-4H3,(H,19,22). The summed E-state index contributed by atoms with van der Waals surface area (Å²) in [6.07, 6.45) is 0. The molecular formula is C18H21N3O3. The molecule has 0 saturated carbocycles. The van der Waals surface area contributed by atoms with Crippen molar-refractivity contribution in [3.63, 3.8) is 0 Å². The first-order valence-electron chi connectivity index (χ1n) is 8.07. The minimum absolute atomic E-state index is 0.0995. The molecule has 0 radical (unpaired) electrons. The maximum atomic E-state index is 13.1. The number of carbonyl (C=O) groups is 2. The van der Waals surface area contributed by atoms with Crippen LogP contribution in [-0.2, 0) is 4.79 Å². The van der Waals surface area contributed by atoms with E-state index in [1.54, 1.807) is 24.8 Å². The Kier molecular flexibility index (Phi) is 4.13. The van der Waals surface area contributed by atoms with Crippen molar-refractivity contribution in [2.24, 2.45) is 5.92 Å². The normalized spacial score (nSPS) is 17.5. The number of amides is 2. The number of aromatic nitrogens is 1. The molecule has 6 nitrogen and oxygen atoms in total. The number of fused-ring (bicyclic) bond motifs is 1. The van der Waals surface area contributed by atoms with Gasteiger partial charge in [-0.3, -0.25) is 9.59 Å². The lowest BCUT2D eigenvalue weighted by Gasteiger charge is -2.22. The molecule has 2 aromatic rings. The molecule has 1 atom stereocenters. The summed E-state index contributed by atoms with van der Waals surface area (Å²) in [7, 11) is 0. The molecule has 0 saturated heterocycles. The van der Waals surface area contributed by atoms with Gasteiger partial charge >= 0.3 is 0 Å². The van der Waals surface area contributed by atoms with Crippen molar-refractivity contribution in [3.05, 3.63) is 41.6 Å². The number of nitrogens with one attached hydrogen (secondary N) is 1. The number of aryl methyl sites for hydroxylation is 1. The summed E-state index contributed by atoms with van der Waals surface area (Å²) >= 11 is 0. The van der Waals surface area contributed by atoms with Crippen LogP contribution in [0.2, 0.25) is 0 Å². The van der Waals surface area contributed by atoms with Crippen molar-refractivity contribution in [3.8, 4) is 0 Å². The van der Waals surface area contributed by atoms with E-state index in [-0.39, 0.29) is 23.7 Å². The Hall–Kier alpha value is -2.63. The molecule has 1 aromatic heterocycles. The number of oxazole rings is 1. The molecule has 126 valence electrons. The van der Waals surface area contributed by atoms with Gasteiger partial charge in [-0.1, -0.05) is 32.9 Å². The summed E-state index contributed by atoms with van der Waals surface area (Å²) in [4.78, 5) is 31.2. The lowest BCUT2D eigenvalue weighted by molar-refractivity contribution is -0.119. The van der Waals surface area contributed by atoms with E-state index in [0.29, 0.717) is 35.3 Å². The zero-order valence-corrected chi connectivity index (χ0v) is 14.3. The second-order valence-corrected chi connectivity index (χ2v) is 6.43. The fourth-order valence-corrected chi connectivity index (χ4v) is 2.71. The van der Waals surface area contributed by atoms with Crippen molar-refractivity contribution < 1.29 is 14.0 Å². The number of para-hydroxylation sites is 2. The van der Waals surface area contributed by atoms with Gasteiger partial charge in [0.25, 0.3) is 5.91 Å². The van der Waals surface area contributed by atoms with E-state index in [4.69, 9.17) is 4.42 Å². The second-order valence-electron chi connectivity index (χ2n) is 6.43. The Labute approximate surface area is 140 Å². The van der Waals surface area contributed by atoms with Crippen LogP contribution < -0.4 is 10.2 Å². The molecule has 1 N–H and O–H groups in total. The van der Waals surface area contributed by atoms with Gasteiger partial charge in [0, 0.05) is 12.5 Å². The molecule has 1 aliphatic heterocycles. The maximum absolute atomic E-state index is 13.1. The third-order valence-corrected chi connectivity index (χ3v) is 4.11. The number of hydrogen-bond acceptors (Lipinski definition) is 4. The van der Waals surface area contributed by atoms with Crippen LogP contribution in [0.5, 0.6) is 0 Å². The lowest BCUT2D eigenvalue weighted by atomic mass is 10.1. The van der Waals surface area contributed by atoms with Gasteiger partial charge in [0.15, 0.2) is 11.6 Å². The minimum Gasteiger partial charge on any atom is -0.445 e. The molecule has 0 fully saturated rings. The minimum atomic E-state index is -0.321. The highest BCUT2D eigenvalue weighted by molar-refractivity contribution is 6.10. The number of benzene rings is 1. The van der Waals surface area contributed by atoms with Gasteiger partial charge in [-0.25, -0.2) is 4.98 Å². The number of rotatable bonds is 2. The van der Waals surface area contributed by atoms with Gasteiger partial charge in [0.1, 0.15) is 5.76 Å². The van der Waals surface area contributed by atoms with Gasteiger partial charge in [-0.2, -0.15) is 0 Å². The predicted octanol–water partition coefficient (Wildman–Crippen LogP) is 3.34. The number of hydrogen-bond donors (Lipinski definition) is 1. The highest BCUT2D eigenvalue weighted by Crippen LogP contribution is 2.31. The first kappa shape index (κ1) is 16.2. The Morgan fingerprint density at radius 2 is 2.08 bits per heavy atom.